The number of hydrogen-bond donors (Lipinski definition) is 0. The number of unbranched alkanes of at least 4 members (excludes halogenated alkanes) is 3. The third kappa shape index (κ3) is 4.40. The molecule has 1 heterocycles. The molecule has 0 saturated carbocycles. The first-order chi connectivity index (χ1) is 9.40. The summed E-state index contributed by atoms with van der Waals surface area (Å²) in [7, 11) is 0. The van der Waals surface area contributed by atoms with Gasteiger partial charge in [0.1, 0.15) is 5.75 Å². The van der Waals surface area contributed by atoms with Crippen molar-refractivity contribution in [3.8, 4) is 16.9 Å². The Bertz CT molecular complexity index is 464. The molecule has 1 aromatic carbocycles. The van der Waals surface area contributed by atoms with Gasteiger partial charge in [0, 0.05) is 12.4 Å². The van der Waals surface area contributed by atoms with E-state index in [1.54, 1.807) is 0 Å². The molecular formula is C17H21NO. The lowest BCUT2D eigenvalue weighted by molar-refractivity contribution is 0.305. The average Bonchev–Trinajstić information content (AvgIpc) is 2.49. The molecular weight excluding hydrogens is 234 g/mol. The van der Waals surface area contributed by atoms with Crippen LogP contribution in [0.5, 0.6) is 5.75 Å². The van der Waals surface area contributed by atoms with Crippen LogP contribution in [0.15, 0.2) is 48.8 Å². The van der Waals surface area contributed by atoms with Crippen molar-refractivity contribution >= 4 is 0 Å². The third-order valence-corrected chi connectivity index (χ3v) is 3.13. The normalized spacial score (nSPS) is 10.4. The minimum Gasteiger partial charge on any atom is -0.494 e. The molecule has 0 saturated heterocycles. The van der Waals surface area contributed by atoms with E-state index in [1.165, 1.54) is 30.4 Å². The molecule has 0 unspecified atom stereocenters. The van der Waals surface area contributed by atoms with Gasteiger partial charge in [-0.3, -0.25) is 4.98 Å². The third-order valence-electron chi connectivity index (χ3n) is 3.13. The van der Waals surface area contributed by atoms with Crippen LogP contribution in [0.1, 0.15) is 32.6 Å². The fourth-order valence-corrected chi connectivity index (χ4v) is 2.01. The van der Waals surface area contributed by atoms with E-state index < -0.39 is 0 Å². The molecule has 2 nitrogen and oxygen atoms in total. The van der Waals surface area contributed by atoms with Crippen molar-refractivity contribution in [2.24, 2.45) is 0 Å². The largest absolute Gasteiger partial charge is 0.494 e. The first kappa shape index (κ1) is 13.6. The standard InChI is InChI=1S/C17H21NO/c1-2-3-4-5-14-19-17-8-6-15(7-9-17)16-10-12-18-13-11-16/h6-13H,2-5,14H2,1H3. The molecule has 0 atom stereocenters. The minimum absolute atomic E-state index is 0.814. The fraction of sp³-hybridized carbons (Fsp3) is 0.353. The topological polar surface area (TPSA) is 22.1 Å². The van der Waals surface area contributed by atoms with Crippen LogP contribution < -0.4 is 4.74 Å². The first-order valence-corrected chi connectivity index (χ1v) is 7.03. The molecule has 100 valence electrons. The Labute approximate surface area is 115 Å². The van der Waals surface area contributed by atoms with Gasteiger partial charge in [0.05, 0.1) is 6.61 Å². The number of nitrogens with zero attached hydrogens (tertiary/aromatic N) is 1. The van der Waals surface area contributed by atoms with Gasteiger partial charge in [-0.15, -0.1) is 0 Å². The van der Waals surface area contributed by atoms with Gasteiger partial charge in [0.15, 0.2) is 0 Å². The monoisotopic (exact) mass is 255 g/mol. The van der Waals surface area contributed by atoms with Crippen molar-refractivity contribution in [1.29, 1.82) is 0 Å². The Hall–Kier alpha value is -1.83. The number of aromatic nitrogens is 1. The van der Waals surface area contributed by atoms with Crippen molar-refractivity contribution in [2.45, 2.75) is 32.6 Å². The van der Waals surface area contributed by atoms with Gasteiger partial charge < -0.3 is 4.74 Å². The Morgan fingerprint density at radius 3 is 2.21 bits per heavy atom. The maximum Gasteiger partial charge on any atom is 0.119 e. The van der Waals surface area contributed by atoms with Crippen molar-refractivity contribution < 1.29 is 4.74 Å². The molecule has 0 aliphatic rings. The molecule has 0 aliphatic carbocycles. The summed E-state index contributed by atoms with van der Waals surface area (Å²) in [5.41, 5.74) is 2.38. The van der Waals surface area contributed by atoms with Crippen LogP contribution in [0.25, 0.3) is 11.1 Å². The van der Waals surface area contributed by atoms with E-state index in [1.807, 2.05) is 36.7 Å². The lowest BCUT2D eigenvalue weighted by atomic mass is 10.1. The maximum absolute atomic E-state index is 5.73. The van der Waals surface area contributed by atoms with E-state index in [2.05, 4.69) is 24.0 Å². The molecule has 0 spiro atoms. The van der Waals surface area contributed by atoms with Crippen LogP contribution in [0.3, 0.4) is 0 Å². The number of rotatable bonds is 7. The number of ether oxygens (including phenoxy) is 1. The SMILES string of the molecule is CCCCCCOc1ccc(-c2ccncc2)cc1. The molecule has 1 aromatic heterocycles. The smallest absolute Gasteiger partial charge is 0.119 e. The highest BCUT2D eigenvalue weighted by Crippen LogP contribution is 2.21. The summed E-state index contributed by atoms with van der Waals surface area (Å²) in [4.78, 5) is 4.03. The van der Waals surface area contributed by atoms with Gasteiger partial charge in [0.25, 0.3) is 0 Å². The van der Waals surface area contributed by atoms with E-state index in [9.17, 15) is 0 Å². The molecule has 0 bridgehead atoms. The lowest BCUT2D eigenvalue weighted by Crippen LogP contribution is -1.96. The van der Waals surface area contributed by atoms with Crippen LogP contribution >= 0.6 is 0 Å². The van der Waals surface area contributed by atoms with Gasteiger partial charge in [-0.2, -0.15) is 0 Å². The second kappa shape index (κ2) is 7.57. The Balaban J connectivity index is 1.85. The molecule has 0 aliphatic heterocycles. The summed E-state index contributed by atoms with van der Waals surface area (Å²) in [6.07, 6.45) is 8.58. The lowest BCUT2D eigenvalue weighted by Gasteiger charge is -2.07. The quantitative estimate of drug-likeness (QED) is 0.668. The highest BCUT2D eigenvalue weighted by molar-refractivity contribution is 5.63. The zero-order valence-electron chi connectivity index (χ0n) is 11.5. The van der Waals surface area contributed by atoms with Crippen LogP contribution in [0, 0.1) is 0 Å². The van der Waals surface area contributed by atoms with Crippen LogP contribution in [0.2, 0.25) is 0 Å². The first-order valence-electron chi connectivity index (χ1n) is 7.03. The van der Waals surface area contributed by atoms with Crippen molar-refractivity contribution in [3.05, 3.63) is 48.8 Å². The summed E-state index contributed by atoms with van der Waals surface area (Å²) >= 11 is 0. The summed E-state index contributed by atoms with van der Waals surface area (Å²) in [6, 6.07) is 12.3. The Morgan fingerprint density at radius 2 is 1.53 bits per heavy atom. The van der Waals surface area contributed by atoms with Gasteiger partial charge in [-0.1, -0.05) is 38.3 Å². The Kier molecular flexibility index (Phi) is 5.42. The summed E-state index contributed by atoms with van der Waals surface area (Å²) in [5, 5.41) is 0. The summed E-state index contributed by atoms with van der Waals surface area (Å²) in [5.74, 6) is 0.953. The highest BCUT2D eigenvalue weighted by Gasteiger charge is 1.98. The zero-order chi connectivity index (χ0) is 13.3. The minimum atomic E-state index is 0.814. The second-order valence-corrected chi connectivity index (χ2v) is 4.67. The van der Waals surface area contributed by atoms with E-state index in [0.717, 1.165) is 18.8 Å². The predicted octanol–water partition coefficient (Wildman–Crippen LogP) is 4.71. The zero-order valence-corrected chi connectivity index (χ0v) is 11.5. The van der Waals surface area contributed by atoms with Gasteiger partial charge in [-0.25, -0.2) is 0 Å². The average molecular weight is 255 g/mol. The molecule has 2 rings (SSSR count). The maximum atomic E-state index is 5.73. The van der Waals surface area contributed by atoms with E-state index in [-0.39, 0.29) is 0 Å². The molecule has 0 fully saturated rings. The molecule has 0 radical (unpaired) electrons. The van der Waals surface area contributed by atoms with Crippen molar-refractivity contribution in [1.82, 2.24) is 4.98 Å². The van der Waals surface area contributed by atoms with Crippen molar-refractivity contribution in [3.63, 3.8) is 0 Å². The highest BCUT2D eigenvalue weighted by atomic mass is 16.5. The van der Waals surface area contributed by atoms with E-state index >= 15 is 0 Å². The predicted molar refractivity (Wildman–Crippen MR) is 79.3 cm³/mol. The van der Waals surface area contributed by atoms with E-state index in [0.29, 0.717) is 0 Å². The second-order valence-electron chi connectivity index (χ2n) is 4.67. The molecule has 19 heavy (non-hydrogen) atoms. The number of pyridine rings is 1. The van der Waals surface area contributed by atoms with Crippen LogP contribution in [-0.2, 0) is 0 Å². The van der Waals surface area contributed by atoms with Crippen LogP contribution in [-0.4, -0.2) is 11.6 Å². The molecule has 0 amide bonds. The van der Waals surface area contributed by atoms with E-state index in [4.69, 9.17) is 4.74 Å². The number of benzene rings is 1. The van der Waals surface area contributed by atoms with Crippen molar-refractivity contribution in [2.75, 3.05) is 6.61 Å². The number of hydrogen-bond acceptors (Lipinski definition) is 2. The van der Waals surface area contributed by atoms with Gasteiger partial charge in [0.2, 0.25) is 0 Å². The summed E-state index contributed by atoms with van der Waals surface area (Å²) < 4.78 is 5.73. The molecule has 0 N–H and O–H groups in total. The van der Waals surface area contributed by atoms with Crippen LogP contribution in [0.4, 0.5) is 0 Å². The molecule has 2 heteroatoms. The summed E-state index contributed by atoms with van der Waals surface area (Å²) in [6.45, 7) is 3.04. The fourth-order valence-electron chi connectivity index (χ4n) is 2.01. The molecule has 2 aromatic rings. The Morgan fingerprint density at radius 1 is 0.842 bits per heavy atom. The van der Waals surface area contributed by atoms with Gasteiger partial charge >= 0.3 is 0 Å². The van der Waals surface area contributed by atoms with Gasteiger partial charge in [-0.05, 0) is 41.8 Å².